The van der Waals surface area contributed by atoms with Gasteiger partial charge >= 0.3 is 5.97 Å². The molecule has 0 aromatic rings. The summed E-state index contributed by atoms with van der Waals surface area (Å²) in [5.41, 5.74) is 0. The van der Waals surface area contributed by atoms with Gasteiger partial charge in [-0.3, -0.25) is 10.1 Å². The molecular weight excluding hydrogens is 206 g/mol. The summed E-state index contributed by atoms with van der Waals surface area (Å²) >= 11 is 0. The Bertz CT molecular complexity index is 195. The molecule has 0 saturated carbocycles. The molecule has 4 heteroatoms. The summed E-state index contributed by atoms with van der Waals surface area (Å²) in [6, 6.07) is -0.342. The van der Waals surface area contributed by atoms with E-state index in [9.17, 15) is 9.90 Å². The largest absolute Gasteiger partial charge is 0.465 e. The van der Waals surface area contributed by atoms with Gasteiger partial charge in [0, 0.05) is 6.04 Å². The lowest BCUT2D eigenvalue weighted by Crippen LogP contribution is -2.46. The molecule has 0 aliphatic rings. The molecule has 0 heterocycles. The minimum atomic E-state index is -0.309. The molecule has 0 aromatic carbocycles. The van der Waals surface area contributed by atoms with Gasteiger partial charge < -0.3 is 9.84 Å². The Morgan fingerprint density at radius 1 is 1.38 bits per heavy atom. The molecule has 0 fully saturated rings. The predicted octanol–water partition coefficient (Wildman–Crippen LogP) is 1.32. The van der Waals surface area contributed by atoms with Crippen LogP contribution in [0.2, 0.25) is 0 Å². The van der Waals surface area contributed by atoms with Gasteiger partial charge in [0.1, 0.15) is 6.04 Å². The summed E-state index contributed by atoms with van der Waals surface area (Å²) in [7, 11) is 0. The number of carbonyl (C=O) groups excluding carboxylic acids is 1. The Labute approximate surface area is 98.4 Å². The number of hydrogen-bond donors (Lipinski definition) is 2. The zero-order valence-electron chi connectivity index (χ0n) is 10.8. The summed E-state index contributed by atoms with van der Waals surface area (Å²) in [5, 5.41) is 12.4. The van der Waals surface area contributed by atoms with Crippen molar-refractivity contribution in [1.82, 2.24) is 5.32 Å². The molecular formula is C12H25NO3. The Hall–Kier alpha value is -0.610. The first-order valence-electron chi connectivity index (χ1n) is 6.08. The average Bonchev–Trinajstić information content (AvgIpc) is 2.23. The van der Waals surface area contributed by atoms with Gasteiger partial charge in [-0.05, 0) is 25.7 Å². The van der Waals surface area contributed by atoms with Crippen LogP contribution >= 0.6 is 0 Å². The van der Waals surface area contributed by atoms with Gasteiger partial charge in [-0.15, -0.1) is 0 Å². The highest BCUT2D eigenvalue weighted by atomic mass is 16.5. The van der Waals surface area contributed by atoms with Crippen molar-refractivity contribution in [2.24, 2.45) is 5.92 Å². The van der Waals surface area contributed by atoms with Gasteiger partial charge in [-0.1, -0.05) is 20.8 Å². The second-order valence-corrected chi connectivity index (χ2v) is 4.39. The Morgan fingerprint density at radius 3 is 2.38 bits per heavy atom. The first-order chi connectivity index (χ1) is 7.54. The second-order valence-electron chi connectivity index (χ2n) is 4.39. The van der Waals surface area contributed by atoms with Crippen molar-refractivity contribution in [3.63, 3.8) is 0 Å². The summed E-state index contributed by atoms with van der Waals surface area (Å²) in [6.45, 7) is 8.35. The fraction of sp³-hybridized carbons (Fsp3) is 0.917. The lowest BCUT2D eigenvalue weighted by molar-refractivity contribution is -0.146. The third-order valence-corrected chi connectivity index (χ3v) is 2.39. The maximum Gasteiger partial charge on any atom is 0.323 e. The highest BCUT2D eigenvalue weighted by molar-refractivity contribution is 5.75. The number of rotatable bonds is 8. The summed E-state index contributed by atoms with van der Waals surface area (Å²) < 4.78 is 4.96. The molecule has 0 aliphatic heterocycles. The van der Waals surface area contributed by atoms with Crippen molar-refractivity contribution in [3.05, 3.63) is 0 Å². The molecule has 0 rings (SSSR count). The van der Waals surface area contributed by atoms with Gasteiger partial charge in [0.05, 0.1) is 13.2 Å². The van der Waals surface area contributed by atoms with Crippen LogP contribution in [0, 0.1) is 5.92 Å². The van der Waals surface area contributed by atoms with Crippen molar-refractivity contribution < 1.29 is 14.6 Å². The van der Waals surface area contributed by atoms with Crippen LogP contribution in [-0.2, 0) is 9.53 Å². The number of esters is 1. The van der Waals surface area contributed by atoms with Gasteiger partial charge in [0.15, 0.2) is 0 Å². The van der Waals surface area contributed by atoms with E-state index in [2.05, 4.69) is 19.2 Å². The minimum absolute atomic E-state index is 0.0330. The lowest BCUT2D eigenvalue weighted by atomic mass is 10.0. The Morgan fingerprint density at radius 2 is 2.00 bits per heavy atom. The molecule has 0 saturated heterocycles. The Balaban J connectivity index is 4.21. The maximum absolute atomic E-state index is 11.5. The summed E-state index contributed by atoms with van der Waals surface area (Å²) in [4.78, 5) is 11.5. The molecule has 0 bridgehead atoms. The first-order valence-corrected chi connectivity index (χ1v) is 6.08. The van der Waals surface area contributed by atoms with E-state index in [1.165, 1.54) is 0 Å². The van der Waals surface area contributed by atoms with Crippen LogP contribution < -0.4 is 5.32 Å². The molecule has 0 spiro atoms. The van der Waals surface area contributed by atoms with Crippen LogP contribution in [0.15, 0.2) is 0 Å². The van der Waals surface area contributed by atoms with Crippen LogP contribution in [0.3, 0.4) is 0 Å². The summed E-state index contributed by atoms with van der Waals surface area (Å²) in [5.74, 6) is 0.261. The van der Waals surface area contributed by atoms with E-state index >= 15 is 0 Å². The van der Waals surface area contributed by atoms with Gasteiger partial charge in [0.25, 0.3) is 0 Å². The number of hydrogen-bond acceptors (Lipinski definition) is 4. The SMILES string of the molecule is CCOC(=O)C(CC)NC(CO)CC(C)C. The third-order valence-electron chi connectivity index (χ3n) is 2.39. The van der Waals surface area contributed by atoms with Crippen molar-refractivity contribution in [2.45, 2.75) is 52.6 Å². The zero-order valence-corrected chi connectivity index (χ0v) is 10.8. The fourth-order valence-corrected chi connectivity index (χ4v) is 1.64. The van der Waals surface area contributed by atoms with Gasteiger partial charge in [-0.2, -0.15) is 0 Å². The number of nitrogens with one attached hydrogen (secondary N) is 1. The zero-order chi connectivity index (χ0) is 12.6. The molecule has 0 radical (unpaired) electrons. The highest BCUT2D eigenvalue weighted by Crippen LogP contribution is 2.06. The molecule has 0 amide bonds. The highest BCUT2D eigenvalue weighted by Gasteiger charge is 2.21. The van der Waals surface area contributed by atoms with E-state index in [1.54, 1.807) is 6.92 Å². The van der Waals surface area contributed by atoms with E-state index in [0.29, 0.717) is 18.9 Å². The van der Waals surface area contributed by atoms with Crippen molar-refractivity contribution in [1.29, 1.82) is 0 Å². The quantitative estimate of drug-likeness (QED) is 0.619. The number of aliphatic hydroxyl groups is 1. The van der Waals surface area contributed by atoms with Crippen molar-refractivity contribution in [3.8, 4) is 0 Å². The Kier molecular flexibility index (Phi) is 8.21. The molecule has 16 heavy (non-hydrogen) atoms. The predicted molar refractivity (Wildman–Crippen MR) is 64.2 cm³/mol. The average molecular weight is 231 g/mol. The molecule has 2 N–H and O–H groups in total. The van der Waals surface area contributed by atoms with E-state index < -0.39 is 0 Å². The standard InChI is InChI=1S/C12H25NO3/c1-5-11(12(15)16-6-2)13-10(8-14)7-9(3)4/h9-11,13-14H,5-8H2,1-4H3. The van der Waals surface area contributed by atoms with Crippen LogP contribution in [-0.4, -0.2) is 36.4 Å². The van der Waals surface area contributed by atoms with Crippen LogP contribution in [0.25, 0.3) is 0 Å². The van der Waals surface area contributed by atoms with E-state index in [-0.39, 0.29) is 24.7 Å². The lowest BCUT2D eigenvalue weighted by Gasteiger charge is -2.23. The fourth-order valence-electron chi connectivity index (χ4n) is 1.64. The van der Waals surface area contributed by atoms with E-state index in [1.807, 2.05) is 6.92 Å². The molecule has 2 atom stereocenters. The maximum atomic E-state index is 11.5. The van der Waals surface area contributed by atoms with Crippen LogP contribution in [0.4, 0.5) is 0 Å². The van der Waals surface area contributed by atoms with Crippen molar-refractivity contribution >= 4 is 5.97 Å². The van der Waals surface area contributed by atoms with E-state index in [4.69, 9.17) is 4.74 Å². The topological polar surface area (TPSA) is 58.6 Å². The van der Waals surface area contributed by atoms with Gasteiger partial charge in [0.2, 0.25) is 0 Å². The number of ether oxygens (including phenoxy) is 1. The van der Waals surface area contributed by atoms with Crippen molar-refractivity contribution in [2.75, 3.05) is 13.2 Å². The number of aliphatic hydroxyl groups excluding tert-OH is 1. The number of carbonyl (C=O) groups is 1. The molecule has 4 nitrogen and oxygen atoms in total. The van der Waals surface area contributed by atoms with E-state index in [0.717, 1.165) is 6.42 Å². The van der Waals surface area contributed by atoms with Gasteiger partial charge in [-0.25, -0.2) is 0 Å². The third kappa shape index (κ3) is 6.08. The normalized spacial score (nSPS) is 14.9. The second kappa shape index (κ2) is 8.53. The molecule has 2 unspecified atom stereocenters. The monoisotopic (exact) mass is 231 g/mol. The molecule has 0 aromatic heterocycles. The molecule has 0 aliphatic carbocycles. The molecule has 96 valence electrons. The van der Waals surface area contributed by atoms with Crippen LogP contribution in [0.1, 0.15) is 40.5 Å². The minimum Gasteiger partial charge on any atom is -0.465 e. The summed E-state index contributed by atoms with van der Waals surface area (Å²) in [6.07, 6.45) is 1.53. The van der Waals surface area contributed by atoms with Crippen LogP contribution in [0.5, 0.6) is 0 Å². The first kappa shape index (κ1) is 15.4. The smallest absolute Gasteiger partial charge is 0.323 e.